The van der Waals surface area contributed by atoms with Gasteiger partial charge in [-0.3, -0.25) is 14.6 Å². The number of ketones is 1. The first-order valence-electron chi connectivity index (χ1n) is 10.3. The number of aliphatic hydroxyl groups is 1. The molecule has 0 saturated carbocycles. The molecule has 0 radical (unpaired) electrons. The smallest absolute Gasteiger partial charge is 0.295 e. The number of benzene rings is 2. The number of hydrogen-bond acceptors (Lipinski definition) is 4. The zero-order valence-corrected chi connectivity index (χ0v) is 19.7. The summed E-state index contributed by atoms with van der Waals surface area (Å²) in [6.07, 6.45) is 3.24. The predicted molar refractivity (Wildman–Crippen MR) is 127 cm³/mol. The number of hydrogen-bond donors (Lipinski definition) is 1. The van der Waals surface area contributed by atoms with Gasteiger partial charge in [0.25, 0.3) is 11.7 Å². The van der Waals surface area contributed by atoms with E-state index in [1.54, 1.807) is 36.7 Å². The third-order valence-corrected chi connectivity index (χ3v) is 6.73. The Bertz CT molecular complexity index is 1250. The number of Topliss-reactive ketones (excluding diaryl/α,β-unsaturated/α-hetero) is 1. The summed E-state index contributed by atoms with van der Waals surface area (Å²) in [6, 6.07) is 14.2. The van der Waals surface area contributed by atoms with Crippen molar-refractivity contribution in [3.63, 3.8) is 0 Å². The zero-order valence-electron chi connectivity index (χ0n) is 18.1. The number of aliphatic hydroxyl groups excluding tert-OH is 1. The molecule has 0 bridgehead atoms. The van der Waals surface area contributed by atoms with E-state index in [-0.39, 0.29) is 17.9 Å². The van der Waals surface area contributed by atoms with Gasteiger partial charge >= 0.3 is 0 Å². The molecule has 6 heteroatoms. The highest BCUT2D eigenvalue weighted by atomic mass is 79.9. The van der Waals surface area contributed by atoms with Crippen molar-refractivity contribution in [3.05, 3.63) is 104 Å². The van der Waals surface area contributed by atoms with E-state index < -0.39 is 17.7 Å². The number of carbonyl (C=O) groups is 2. The van der Waals surface area contributed by atoms with Crippen molar-refractivity contribution in [2.75, 3.05) is 0 Å². The van der Waals surface area contributed by atoms with Crippen molar-refractivity contribution in [1.82, 2.24) is 9.88 Å². The van der Waals surface area contributed by atoms with Crippen LogP contribution >= 0.6 is 15.9 Å². The number of rotatable bonds is 4. The van der Waals surface area contributed by atoms with Gasteiger partial charge in [-0.1, -0.05) is 45.8 Å². The Morgan fingerprint density at radius 1 is 1.00 bits per heavy atom. The molecule has 1 unspecified atom stereocenters. The Hall–Kier alpha value is -3.25. The van der Waals surface area contributed by atoms with Crippen molar-refractivity contribution >= 4 is 33.4 Å². The highest BCUT2D eigenvalue weighted by molar-refractivity contribution is 9.10. The quantitative estimate of drug-likeness (QED) is 0.302. The number of halogens is 1. The lowest BCUT2D eigenvalue weighted by molar-refractivity contribution is -0.140. The van der Waals surface area contributed by atoms with E-state index in [9.17, 15) is 14.7 Å². The molecule has 1 amide bonds. The summed E-state index contributed by atoms with van der Waals surface area (Å²) in [6.45, 7) is 6.15. The average Bonchev–Trinajstić information content (AvgIpc) is 3.03. The highest BCUT2D eigenvalue weighted by Gasteiger charge is 2.46. The summed E-state index contributed by atoms with van der Waals surface area (Å²) >= 11 is 3.46. The van der Waals surface area contributed by atoms with Gasteiger partial charge < -0.3 is 10.0 Å². The zero-order chi connectivity index (χ0) is 23.0. The number of likely N-dealkylation sites (tertiary alicyclic amines) is 1. The lowest BCUT2D eigenvalue weighted by atomic mass is 9.95. The number of aromatic nitrogens is 1. The van der Waals surface area contributed by atoms with Gasteiger partial charge in [0.2, 0.25) is 0 Å². The van der Waals surface area contributed by atoms with Gasteiger partial charge in [-0.2, -0.15) is 0 Å². The maximum absolute atomic E-state index is 13.2. The minimum absolute atomic E-state index is 0.0910. The Morgan fingerprint density at radius 2 is 1.72 bits per heavy atom. The van der Waals surface area contributed by atoms with Crippen molar-refractivity contribution < 1.29 is 14.7 Å². The van der Waals surface area contributed by atoms with Crippen LogP contribution in [-0.4, -0.2) is 26.7 Å². The Labute approximate surface area is 195 Å². The molecule has 1 aromatic heterocycles. The summed E-state index contributed by atoms with van der Waals surface area (Å²) < 4.78 is 0.898. The van der Waals surface area contributed by atoms with Crippen LogP contribution in [0.3, 0.4) is 0 Å². The standard InChI is InChI=1S/C26H23BrN2O3/c1-15-4-5-16(2)20(12-15)14-29-23(18-8-10-28-11-9-18)22(25(31)26(29)32)24(30)19-6-7-21(27)17(3)13-19/h4-13,23,30H,14H2,1-3H3/b24-22-. The molecule has 1 aliphatic rings. The molecule has 1 fully saturated rings. The second-order valence-corrected chi connectivity index (χ2v) is 8.96. The van der Waals surface area contributed by atoms with Crippen LogP contribution in [0.15, 0.2) is 71.0 Å². The monoisotopic (exact) mass is 490 g/mol. The predicted octanol–water partition coefficient (Wildman–Crippen LogP) is 5.39. The summed E-state index contributed by atoms with van der Waals surface area (Å²) in [7, 11) is 0. The molecule has 1 N–H and O–H groups in total. The SMILES string of the molecule is Cc1ccc(C)c(CN2C(=O)C(=O)/C(=C(\O)c3ccc(Br)c(C)c3)C2c2ccncc2)c1. The van der Waals surface area contributed by atoms with Crippen LogP contribution < -0.4 is 0 Å². The molecule has 0 aliphatic carbocycles. The van der Waals surface area contributed by atoms with Gasteiger partial charge in [0.15, 0.2) is 0 Å². The van der Waals surface area contributed by atoms with E-state index in [4.69, 9.17) is 0 Å². The lowest BCUT2D eigenvalue weighted by Gasteiger charge is -2.26. The minimum Gasteiger partial charge on any atom is -0.507 e. The van der Waals surface area contributed by atoms with Crippen molar-refractivity contribution in [3.8, 4) is 0 Å². The second-order valence-electron chi connectivity index (χ2n) is 8.10. The summed E-state index contributed by atoms with van der Waals surface area (Å²) in [5, 5.41) is 11.2. The fraction of sp³-hybridized carbons (Fsp3) is 0.192. The van der Waals surface area contributed by atoms with E-state index in [0.29, 0.717) is 5.56 Å². The van der Waals surface area contributed by atoms with Crippen molar-refractivity contribution in [2.45, 2.75) is 33.4 Å². The molecule has 1 aliphatic heterocycles. The Balaban J connectivity index is 1.87. The van der Waals surface area contributed by atoms with E-state index in [1.165, 1.54) is 4.90 Å². The number of nitrogens with zero attached hydrogens (tertiary/aromatic N) is 2. The van der Waals surface area contributed by atoms with Crippen LogP contribution in [0.4, 0.5) is 0 Å². The molecular weight excluding hydrogens is 468 g/mol. The van der Waals surface area contributed by atoms with Crippen molar-refractivity contribution in [2.24, 2.45) is 0 Å². The van der Waals surface area contributed by atoms with Crippen molar-refractivity contribution in [1.29, 1.82) is 0 Å². The second kappa shape index (κ2) is 8.71. The largest absolute Gasteiger partial charge is 0.507 e. The molecular formula is C26H23BrN2O3. The van der Waals surface area contributed by atoms with E-state index in [2.05, 4.69) is 20.9 Å². The molecule has 32 heavy (non-hydrogen) atoms. The minimum atomic E-state index is -0.707. The van der Waals surface area contributed by atoms with Crippen LogP contribution in [0.25, 0.3) is 5.76 Å². The number of pyridine rings is 1. The maximum Gasteiger partial charge on any atom is 0.295 e. The molecule has 1 atom stereocenters. The van der Waals surface area contributed by atoms with Crippen LogP contribution in [0, 0.1) is 20.8 Å². The third kappa shape index (κ3) is 3.98. The van der Waals surface area contributed by atoms with Gasteiger partial charge in [-0.15, -0.1) is 0 Å². The average molecular weight is 491 g/mol. The van der Waals surface area contributed by atoms with E-state index in [0.717, 1.165) is 32.3 Å². The number of amides is 1. The van der Waals surface area contributed by atoms with Crippen LogP contribution in [0.5, 0.6) is 0 Å². The topological polar surface area (TPSA) is 70.5 Å². The first-order valence-corrected chi connectivity index (χ1v) is 11.1. The maximum atomic E-state index is 13.2. The molecule has 2 aromatic carbocycles. The molecule has 3 aromatic rings. The first kappa shape index (κ1) is 22.0. The molecule has 4 rings (SSSR count). The molecule has 2 heterocycles. The Morgan fingerprint density at radius 3 is 2.41 bits per heavy atom. The third-order valence-electron chi connectivity index (χ3n) is 5.84. The summed E-state index contributed by atoms with van der Waals surface area (Å²) in [5.74, 6) is -1.48. The highest BCUT2D eigenvalue weighted by Crippen LogP contribution is 2.40. The summed E-state index contributed by atoms with van der Waals surface area (Å²) in [5.41, 5.74) is 5.30. The van der Waals surface area contributed by atoms with Gasteiger partial charge in [0.05, 0.1) is 11.6 Å². The Kier molecular flexibility index (Phi) is 5.98. The lowest BCUT2D eigenvalue weighted by Crippen LogP contribution is -2.29. The van der Waals surface area contributed by atoms with Crippen LogP contribution in [-0.2, 0) is 16.1 Å². The molecule has 5 nitrogen and oxygen atoms in total. The van der Waals surface area contributed by atoms with Crippen LogP contribution in [0.1, 0.15) is 39.4 Å². The normalized spacial score (nSPS) is 17.8. The fourth-order valence-electron chi connectivity index (χ4n) is 4.04. The summed E-state index contributed by atoms with van der Waals surface area (Å²) in [4.78, 5) is 31.9. The van der Waals surface area contributed by atoms with Gasteiger partial charge in [-0.05, 0) is 67.3 Å². The van der Waals surface area contributed by atoms with Gasteiger partial charge in [0, 0.05) is 29.0 Å². The van der Waals surface area contributed by atoms with E-state index >= 15 is 0 Å². The van der Waals surface area contributed by atoms with Crippen LogP contribution in [0.2, 0.25) is 0 Å². The molecule has 0 spiro atoms. The fourth-order valence-corrected chi connectivity index (χ4v) is 4.28. The first-order chi connectivity index (χ1) is 15.3. The molecule has 162 valence electrons. The number of carbonyl (C=O) groups excluding carboxylic acids is 2. The van der Waals surface area contributed by atoms with Gasteiger partial charge in [0.1, 0.15) is 5.76 Å². The molecule has 1 saturated heterocycles. The van der Waals surface area contributed by atoms with Gasteiger partial charge in [-0.25, -0.2) is 0 Å². The number of aryl methyl sites for hydroxylation is 3. The van der Waals surface area contributed by atoms with E-state index in [1.807, 2.05) is 45.0 Å².